The fourth-order valence-electron chi connectivity index (χ4n) is 1.10. The summed E-state index contributed by atoms with van der Waals surface area (Å²) in [6.45, 7) is 0. The zero-order valence-corrected chi connectivity index (χ0v) is 5.40. The van der Waals surface area contributed by atoms with Crippen LogP contribution in [0.5, 0.6) is 0 Å². The topological polar surface area (TPSA) is 0 Å². The Morgan fingerprint density at radius 3 is 1.38 bits per heavy atom. The van der Waals surface area contributed by atoms with Gasteiger partial charge in [-0.1, -0.05) is 0 Å². The second-order valence-electron chi connectivity index (χ2n) is 2.44. The molecule has 0 atom stereocenters. The molecule has 0 bridgehead atoms. The van der Waals surface area contributed by atoms with Gasteiger partial charge in [-0.2, -0.15) is 25.7 Å². The van der Waals surface area contributed by atoms with Crippen LogP contribution in [0.25, 0.3) is 0 Å². The molecule has 1 saturated carbocycles. The molecule has 0 amide bonds. The van der Waals surface area contributed by atoms with Crippen molar-refractivity contribution in [3.63, 3.8) is 0 Å². The average Bonchev–Trinajstić information content (AvgIpc) is 1.62. The van der Waals surface area contributed by atoms with Crippen molar-refractivity contribution in [1.29, 1.82) is 0 Å². The van der Waals surface area contributed by atoms with E-state index in [1.807, 2.05) is 0 Å². The quantitative estimate of drug-likeness (QED) is 0.420. The summed E-state index contributed by atoms with van der Waals surface area (Å²) in [6, 6.07) is 0. The molecule has 1 aliphatic rings. The molecular weight excluding hydrogens is 96.1 g/mol. The van der Waals surface area contributed by atoms with Crippen molar-refractivity contribution in [2.24, 2.45) is 0 Å². The maximum Gasteiger partial charge on any atom is -0.108 e. The Hall–Kier alpha value is 0. The summed E-state index contributed by atoms with van der Waals surface area (Å²) in [5.41, 5.74) is 0. The maximum absolute atomic E-state index is 2.42. The molecule has 0 aromatic heterocycles. The first-order chi connectivity index (χ1) is 4.00. The molecule has 0 radical (unpaired) electrons. The first-order valence-corrected chi connectivity index (χ1v) is 3.63. The largest absolute Gasteiger partial charge is 0.329 e. The van der Waals surface area contributed by atoms with Crippen LogP contribution in [0.2, 0.25) is 0 Å². The van der Waals surface area contributed by atoms with Gasteiger partial charge >= 0.3 is 0 Å². The van der Waals surface area contributed by atoms with E-state index in [-0.39, 0.29) is 0 Å². The molecule has 0 heterocycles. The molecule has 48 valence electrons. The molecule has 1 fully saturated rings. The van der Waals surface area contributed by atoms with Crippen molar-refractivity contribution < 1.29 is 0 Å². The molecule has 0 spiro atoms. The average molecular weight is 110 g/mol. The zero-order chi connectivity index (χ0) is 5.66. The second-order valence-corrected chi connectivity index (χ2v) is 2.44. The predicted octanol–water partition coefficient (Wildman–Crippen LogP) is 2.75. The Balaban J connectivity index is 2.00. The molecule has 0 nitrogen and oxygen atoms in total. The lowest BCUT2D eigenvalue weighted by atomic mass is 10.0. The van der Waals surface area contributed by atoms with Crippen LogP contribution in [0.1, 0.15) is 38.5 Å². The molecule has 0 aromatic rings. The van der Waals surface area contributed by atoms with E-state index in [2.05, 4.69) is 12.8 Å². The predicted molar refractivity (Wildman–Crippen MR) is 36.3 cm³/mol. The van der Waals surface area contributed by atoms with Gasteiger partial charge in [0.25, 0.3) is 0 Å². The summed E-state index contributed by atoms with van der Waals surface area (Å²) in [5.74, 6) is 0. The molecule has 1 aliphatic carbocycles. The first kappa shape index (κ1) is 6.12. The van der Waals surface area contributed by atoms with E-state index in [0.717, 1.165) is 0 Å². The SMILES string of the molecule is [CH-]1CCC[CH-]CCC1. The van der Waals surface area contributed by atoms with Crippen molar-refractivity contribution in [2.45, 2.75) is 38.5 Å². The molecule has 0 aromatic carbocycles. The minimum atomic E-state index is 1.34. The lowest BCUT2D eigenvalue weighted by Crippen LogP contribution is -1.87. The highest BCUT2D eigenvalue weighted by atomic mass is 14.0. The Morgan fingerprint density at radius 1 is 0.625 bits per heavy atom. The smallest absolute Gasteiger partial charge is 0.108 e. The molecule has 1 rings (SSSR count). The maximum atomic E-state index is 2.42. The third-order valence-corrected chi connectivity index (χ3v) is 1.63. The zero-order valence-electron chi connectivity index (χ0n) is 5.40. The lowest BCUT2D eigenvalue weighted by molar-refractivity contribution is 0.652. The van der Waals surface area contributed by atoms with Crippen molar-refractivity contribution in [2.75, 3.05) is 0 Å². The Morgan fingerprint density at radius 2 is 1.00 bits per heavy atom. The molecule has 0 aliphatic heterocycles. The molecule has 8 heavy (non-hydrogen) atoms. The monoisotopic (exact) mass is 110 g/mol. The molecule has 0 saturated heterocycles. The second kappa shape index (κ2) is 3.94. The van der Waals surface area contributed by atoms with Crippen LogP contribution in [0, 0.1) is 12.8 Å². The van der Waals surface area contributed by atoms with E-state index in [0.29, 0.717) is 0 Å². The van der Waals surface area contributed by atoms with Gasteiger partial charge in [-0.15, -0.1) is 12.8 Å². The van der Waals surface area contributed by atoms with Crippen molar-refractivity contribution in [3.05, 3.63) is 12.8 Å². The fraction of sp³-hybridized carbons (Fsp3) is 0.750. The fourth-order valence-corrected chi connectivity index (χ4v) is 1.10. The van der Waals surface area contributed by atoms with Crippen molar-refractivity contribution in [1.82, 2.24) is 0 Å². The van der Waals surface area contributed by atoms with Crippen LogP contribution in [-0.2, 0) is 0 Å². The standard InChI is InChI=1S/C8H14/c1-2-4-6-8-7-5-3-1/h1,8H,2-7H2/q-2. The van der Waals surface area contributed by atoms with Gasteiger partial charge in [0.2, 0.25) is 0 Å². The highest BCUT2D eigenvalue weighted by molar-refractivity contribution is 4.74. The van der Waals surface area contributed by atoms with Crippen LogP contribution in [0.4, 0.5) is 0 Å². The molecular formula is C8H14-2. The number of rotatable bonds is 0. The van der Waals surface area contributed by atoms with Crippen molar-refractivity contribution in [3.8, 4) is 0 Å². The van der Waals surface area contributed by atoms with E-state index in [1.54, 1.807) is 0 Å². The summed E-state index contributed by atoms with van der Waals surface area (Å²) in [7, 11) is 0. The normalized spacial score (nSPS) is 24.0. The first-order valence-electron chi connectivity index (χ1n) is 3.63. The lowest BCUT2D eigenvalue weighted by Gasteiger charge is -2.20. The van der Waals surface area contributed by atoms with Gasteiger partial charge in [-0.25, -0.2) is 0 Å². The van der Waals surface area contributed by atoms with Crippen LogP contribution >= 0.6 is 0 Å². The van der Waals surface area contributed by atoms with Crippen molar-refractivity contribution >= 4 is 0 Å². The van der Waals surface area contributed by atoms with Gasteiger partial charge < -0.3 is 12.8 Å². The number of hydrogen-bond donors (Lipinski definition) is 0. The summed E-state index contributed by atoms with van der Waals surface area (Å²) < 4.78 is 0. The Bertz CT molecular complexity index is 24.0. The molecule has 0 heteroatoms. The van der Waals surface area contributed by atoms with Gasteiger partial charge in [0.1, 0.15) is 0 Å². The van der Waals surface area contributed by atoms with Crippen LogP contribution in [0.3, 0.4) is 0 Å². The summed E-state index contributed by atoms with van der Waals surface area (Å²) in [5, 5.41) is 0. The van der Waals surface area contributed by atoms with Gasteiger partial charge in [-0.3, -0.25) is 0 Å². The minimum absolute atomic E-state index is 1.34. The molecule has 0 N–H and O–H groups in total. The van der Waals surface area contributed by atoms with Crippen LogP contribution < -0.4 is 0 Å². The highest BCUT2D eigenvalue weighted by Crippen LogP contribution is 2.13. The summed E-state index contributed by atoms with van der Waals surface area (Å²) in [4.78, 5) is 0. The van der Waals surface area contributed by atoms with Gasteiger partial charge in [-0.05, 0) is 0 Å². The summed E-state index contributed by atoms with van der Waals surface area (Å²) in [6.07, 6.45) is 13.0. The van der Waals surface area contributed by atoms with Gasteiger partial charge in [0.05, 0.1) is 0 Å². The van der Waals surface area contributed by atoms with E-state index in [4.69, 9.17) is 0 Å². The van der Waals surface area contributed by atoms with Gasteiger partial charge in [0.15, 0.2) is 0 Å². The van der Waals surface area contributed by atoms with E-state index in [9.17, 15) is 0 Å². The third-order valence-electron chi connectivity index (χ3n) is 1.63. The summed E-state index contributed by atoms with van der Waals surface area (Å²) >= 11 is 0. The van der Waals surface area contributed by atoms with Gasteiger partial charge in [0, 0.05) is 0 Å². The van der Waals surface area contributed by atoms with Crippen LogP contribution in [0.15, 0.2) is 0 Å². The third kappa shape index (κ3) is 2.34. The number of hydrogen-bond acceptors (Lipinski definition) is 0. The van der Waals surface area contributed by atoms with E-state index >= 15 is 0 Å². The van der Waals surface area contributed by atoms with E-state index < -0.39 is 0 Å². The Kier molecular flexibility index (Phi) is 3.01. The highest BCUT2D eigenvalue weighted by Gasteiger charge is 1.81. The van der Waals surface area contributed by atoms with E-state index in [1.165, 1.54) is 38.5 Å². The molecule has 0 unspecified atom stereocenters. The minimum Gasteiger partial charge on any atom is -0.329 e. The van der Waals surface area contributed by atoms with Crippen LogP contribution in [-0.4, -0.2) is 0 Å². The Labute approximate surface area is 52.3 Å².